The molecule has 4 N–H and O–H groups in total. The average Bonchev–Trinajstić information content (AvgIpc) is 2.81. The molecule has 7 heteroatoms. The van der Waals surface area contributed by atoms with Crippen LogP contribution < -0.4 is 10.2 Å². The molecule has 0 saturated heterocycles. The number of hydrogen-bond acceptors (Lipinski definition) is 7. The van der Waals surface area contributed by atoms with Gasteiger partial charge in [0, 0.05) is 23.3 Å². The van der Waals surface area contributed by atoms with Crippen LogP contribution in [0.1, 0.15) is 51.7 Å². The van der Waals surface area contributed by atoms with Gasteiger partial charge in [-0.25, -0.2) is 0 Å². The number of rotatable bonds is 9. The maximum absolute atomic E-state index is 13.7. The van der Waals surface area contributed by atoms with Gasteiger partial charge in [-0.3, -0.25) is 4.79 Å². The van der Waals surface area contributed by atoms with Crippen LogP contribution in [0, 0.1) is 0 Å². The largest absolute Gasteiger partial charge is 0.507 e. The van der Waals surface area contributed by atoms with Crippen molar-refractivity contribution in [1.82, 2.24) is 0 Å². The highest BCUT2D eigenvalue weighted by atomic mass is 16.5. The fraction of sp³-hybridized carbons (Fsp3) is 0.345. The Labute approximate surface area is 210 Å². The Morgan fingerprint density at radius 1 is 0.889 bits per heavy atom. The van der Waals surface area contributed by atoms with Gasteiger partial charge in [0.2, 0.25) is 5.43 Å². The third-order valence-electron chi connectivity index (χ3n) is 6.20. The van der Waals surface area contributed by atoms with Gasteiger partial charge in [0.15, 0.2) is 11.5 Å². The lowest BCUT2D eigenvalue weighted by atomic mass is 9.98. The van der Waals surface area contributed by atoms with Crippen molar-refractivity contribution in [3.05, 3.63) is 68.4 Å². The maximum Gasteiger partial charge on any atom is 0.204 e. The minimum Gasteiger partial charge on any atom is -0.507 e. The fourth-order valence-corrected chi connectivity index (χ4v) is 4.14. The van der Waals surface area contributed by atoms with Crippen LogP contribution in [0.4, 0.5) is 0 Å². The summed E-state index contributed by atoms with van der Waals surface area (Å²) >= 11 is 0. The summed E-state index contributed by atoms with van der Waals surface area (Å²) in [5, 5.41) is 41.3. The number of hydrogen-bond donors (Lipinski definition) is 4. The molecule has 0 radical (unpaired) electrons. The van der Waals surface area contributed by atoms with Crippen molar-refractivity contribution in [3.8, 4) is 23.0 Å². The van der Waals surface area contributed by atoms with Gasteiger partial charge in [-0.2, -0.15) is 0 Å². The molecule has 2 aromatic carbocycles. The highest BCUT2D eigenvalue weighted by Crippen LogP contribution is 2.40. The zero-order chi connectivity index (χ0) is 26.6. The molecular weight excluding hydrogens is 460 g/mol. The van der Waals surface area contributed by atoms with Gasteiger partial charge >= 0.3 is 0 Å². The summed E-state index contributed by atoms with van der Waals surface area (Å²) in [6.45, 7) is 7.68. The first-order chi connectivity index (χ1) is 17.1. The van der Waals surface area contributed by atoms with Crippen molar-refractivity contribution in [2.24, 2.45) is 0 Å². The van der Waals surface area contributed by atoms with Gasteiger partial charge in [0.05, 0.1) is 19.1 Å². The molecule has 0 bridgehead atoms. The van der Waals surface area contributed by atoms with Gasteiger partial charge in [-0.15, -0.1) is 0 Å². The molecule has 3 aromatic rings. The summed E-state index contributed by atoms with van der Waals surface area (Å²) in [6, 6.07) is 2.62. The number of methoxy groups -OCH3 is 1. The van der Waals surface area contributed by atoms with Crippen LogP contribution in [0.15, 0.2) is 56.3 Å². The SMILES string of the molecule is COc1c(O)cc2oc3cc(O)c(CC=C(C)C)c(O)c3c(=O)c2c1CC=C(C)CCC=C(C)CO. The van der Waals surface area contributed by atoms with E-state index in [1.807, 2.05) is 45.9 Å². The van der Waals surface area contributed by atoms with Gasteiger partial charge < -0.3 is 29.6 Å². The zero-order valence-corrected chi connectivity index (χ0v) is 21.4. The monoisotopic (exact) mass is 494 g/mol. The summed E-state index contributed by atoms with van der Waals surface area (Å²) in [7, 11) is 1.42. The predicted molar refractivity (Wildman–Crippen MR) is 142 cm³/mol. The molecule has 192 valence electrons. The lowest BCUT2D eigenvalue weighted by Crippen LogP contribution is -2.08. The van der Waals surface area contributed by atoms with Crippen LogP contribution in [0.25, 0.3) is 21.9 Å². The Morgan fingerprint density at radius 2 is 1.53 bits per heavy atom. The number of aliphatic hydroxyl groups excluding tert-OH is 1. The van der Waals surface area contributed by atoms with E-state index in [2.05, 4.69) is 0 Å². The summed E-state index contributed by atoms with van der Waals surface area (Å²) in [5.41, 5.74) is 3.35. The molecule has 0 aliphatic carbocycles. The first-order valence-corrected chi connectivity index (χ1v) is 11.9. The second kappa shape index (κ2) is 11.4. The van der Waals surface area contributed by atoms with Crippen LogP contribution in [-0.2, 0) is 12.8 Å². The topological polar surface area (TPSA) is 120 Å². The molecule has 0 fully saturated rings. The maximum atomic E-state index is 13.7. The lowest BCUT2D eigenvalue weighted by molar-refractivity contribution is 0.331. The van der Waals surface area contributed by atoms with Crippen LogP contribution in [-0.4, -0.2) is 34.1 Å². The van der Waals surface area contributed by atoms with E-state index in [0.717, 1.165) is 29.6 Å². The smallest absolute Gasteiger partial charge is 0.204 e. The van der Waals surface area contributed by atoms with Crippen molar-refractivity contribution in [1.29, 1.82) is 0 Å². The Bertz CT molecular complexity index is 1430. The highest BCUT2D eigenvalue weighted by Gasteiger charge is 2.23. The molecule has 0 amide bonds. The third kappa shape index (κ3) is 5.57. The first-order valence-electron chi connectivity index (χ1n) is 11.9. The molecule has 1 heterocycles. The van der Waals surface area contributed by atoms with Gasteiger partial charge in [0.1, 0.15) is 28.1 Å². The quantitative estimate of drug-likeness (QED) is 0.220. The molecule has 0 saturated carbocycles. The summed E-state index contributed by atoms with van der Waals surface area (Å²) in [5.74, 6) is -0.517. The van der Waals surface area contributed by atoms with Gasteiger partial charge in [-0.1, -0.05) is 34.9 Å². The van der Waals surface area contributed by atoms with Crippen molar-refractivity contribution in [2.45, 2.75) is 53.4 Å². The number of phenols is 3. The first kappa shape index (κ1) is 26.9. The average molecular weight is 495 g/mol. The molecule has 3 rings (SSSR count). The van der Waals surface area contributed by atoms with E-state index in [0.29, 0.717) is 12.0 Å². The van der Waals surface area contributed by atoms with Crippen LogP contribution in [0.2, 0.25) is 0 Å². The molecule has 0 unspecified atom stereocenters. The molecule has 7 nitrogen and oxygen atoms in total. The van der Waals surface area contributed by atoms with Crippen LogP contribution in [0.3, 0.4) is 0 Å². The van der Waals surface area contributed by atoms with E-state index in [-0.39, 0.29) is 63.5 Å². The summed E-state index contributed by atoms with van der Waals surface area (Å²) < 4.78 is 11.3. The van der Waals surface area contributed by atoms with Crippen molar-refractivity contribution < 1.29 is 29.6 Å². The van der Waals surface area contributed by atoms with Crippen molar-refractivity contribution >= 4 is 21.9 Å². The number of aromatic hydroxyl groups is 3. The Morgan fingerprint density at radius 3 is 2.17 bits per heavy atom. The van der Waals surface area contributed by atoms with Crippen LogP contribution in [0.5, 0.6) is 23.0 Å². The predicted octanol–water partition coefficient (Wildman–Crippen LogP) is 5.79. The molecule has 1 aromatic heterocycles. The van der Waals surface area contributed by atoms with E-state index in [9.17, 15) is 20.1 Å². The summed E-state index contributed by atoms with van der Waals surface area (Å²) in [6.07, 6.45) is 7.87. The minimum absolute atomic E-state index is 0.0247. The fourth-order valence-electron chi connectivity index (χ4n) is 4.14. The number of aliphatic hydroxyl groups is 1. The Hall–Kier alpha value is -3.71. The Kier molecular flexibility index (Phi) is 8.48. The minimum atomic E-state index is -0.469. The van der Waals surface area contributed by atoms with Gasteiger partial charge in [-0.05, 0) is 53.4 Å². The molecular formula is C29H34O7. The molecule has 0 aliphatic rings. The Balaban J connectivity index is 2.20. The number of phenolic OH excluding ortho intramolecular Hbond substituents is 3. The van der Waals surface area contributed by atoms with E-state index < -0.39 is 5.43 Å². The highest BCUT2D eigenvalue weighted by molar-refractivity contribution is 5.97. The van der Waals surface area contributed by atoms with Crippen molar-refractivity contribution in [3.63, 3.8) is 0 Å². The standard InChI is InChI=1S/C29H34O7/c1-16(2)9-11-19-21(31)13-24-26(27(19)33)28(34)25-20(29(35-5)22(32)14-23(25)36-24)12-10-17(3)7-6-8-18(4)15-30/h8-10,13-14,30-33H,6-7,11-12,15H2,1-5H3. The number of fused-ring (bicyclic) bond motifs is 2. The van der Waals surface area contributed by atoms with E-state index >= 15 is 0 Å². The lowest BCUT2D eigenvalue weighted by Gasteiger charge is -2.14. The summed E-state index contributed by atoms with van der Waals surface area (Å²) in [4.78, 5) is 13.7. The molecule has 0 spiro atoms. The number of allylic oxidation sites excluding steroid dienone is 5. The number of benzene rings is 2. The van der Waals surface area contributed by atoms with Crippen molar-refractivity contribution in [2.75, 3.05) is 13.7 Å². The van der Waals surface area contributed by atoms with E-state index in [1.165, 1.54) is 19.2 Å². The second-order valence-electron chi connectivity index (χ2n) is 9.30. The number of ether oxygens (including phenoxy) is 1. The molecule has 0 atom stereocenters. The zero-order valence-electron chi connectivity index (χ0n) is 21.4. The van der Waals surface area contributed by atoms with Gasteiger partial charge in [0.25, 0.3) is 0 Å². The second-order valence-corrected chi connectivity index (χ2v) is 9.30. The third-order valence-corrected chi connectivity index (χ3v) is 6.20. The molecule has 36 heavy (non-hydrogen) atoms. The van der Waals surface area contributed by atoms with E-state index in [1.54, 1.807) is 0 Å². The van der Waals surface area contributed by atoms with Crippen LogP contribution >= 0.6 is 0 Å². The normalized spacial score (nSPS) is 12.4. The molecule has 0 aliphatic heterocycles. The van der Waals surface area contributed by atoms with E-state index in [4.69, 9.17) is 14.3 Å².